The summed E-state index contributed by atoms with van der Waals surface area (Å²) in [4.78, 5) is 6.19. The SMILES string of the molecule is CN(C)C(N)=NCC1(C)CCC1. The van der Waals surface area contributed by atoms with E-state index in [1.54, 1.807) is 0 Å². The fraction of sp³-hybridized carbons (Fsp3) is 0.889. The maximum atomic E-state index is 5.68. The molecule has 1 aliphatic rings. The van der Waals surface area contributed by atoms with E-state index in [1.165, 1.54) is 19.3 Å². The van der Waals surface area contributed by atoms with Gasteiger partial charge in [-0.05, 0) is 18.3 Å². The van der Waals surface area contributed by atoms with Gasteiger partial charge < -0.3 is 10.6 Å². The van der Waals surface area contributed by atoms with Gasteiger partial charge in [0.25, 0.3) is 0 Å². The summed E-state index contributed by atoms with van der Waals surface area (Å²) in [7, 11) is 3.84. The molecule has 0 atom stereocenters. The zero-order chi connectivity index (χ0) is 9.19. The third kappa shape index (κ3) is 2.13. The summed E-state index contributed by atoms with van der Waals surface area (Å²) in [5.41, 5.74) is 6.12. The van der Waals surface area contributed by atoms with Gasteiger partial charge >= 0.3 is 0 Å². The smallest absolute Gasteiger partial charge is 0.190 e. The number of nitrogens with zero attached hydrogens (tertiary/aromatic N) is 2. The minimum Gasteiger partial charge on any atom is -0.370 e. The maximum Gasteiger partial charge on any atom is 0.190 e. The molecule has 0 saturated heterocycles. The van der Waals surface area contributed by atoms with E-state index in [2.05, 4.69) is 11.9 Å². The Morgan fingerprint density at radius 1 is 1.50 bits per heavy atom. The lowest BCUT2D eigenvalue weighted by atomic mass is 9.71. The van der Waals surface area contributed by atoms with Gasteiger partial charge in [-0.2, -0.15) is 0 Å². The molecule has 0 aliphatic heterocycles. The quantitative estimate of drug-likeness (QED) is 0.496. The molecule has 2 N–H and O–H groups in total. The largest absolute Gasteiger partial charge is 0.370 e. The molecule has 70 valence electrons. The van der Waals surface area contributed by atoms with Crippen LogP contribution in [0.1, 0.15) is 26.2 Å². The van der Waals surface area contributed by atoms with E-state index >= 15 is 0 Å². The Balaban J connectivity index is 2.37. The van der Waals surface area contributed by atoms with Crippen LogP contribution in [0.4, 0.5) is 0 Å². The predicted octanol–water partition coefficient (Wildman–Crippen LogP) is 1.05. The normalized spacial score (nSPS) is 21.8. The van der Waals surface area contributed by atoms with Gasteiger partial charge in [-0.25, -0.2) is 0 Å². The van der Waals surface area contributed by atoms with Gasteiger partial charge in [0.2, 0.25) is 0 Å². The topological polar surface area (TPSA) is 41.6 Å². The molecule has 0 amide bonds. The third-order valence-electron chi connectivity index (χ3n) is 2.64. The maximum absolute atomic E-state index is 5.68. The second-order valence-electron chi connectivity index (χ2n) is 4.23. The molecule has 12 heavy (non-hydrogen) atoms. The average Bonchev–Trinajstić information content (AvgIpc) is 1.96. The van der Waals surface area contributed by atoms with Gasteiger partial charge in [-0.15, -0.1) is 0 Å². The van der Waals surface area contributed by atoms with Crippen LogP contribution < -0.4 is 5.73 Å². The predicted molar refractivity (Wildman–Crippen MR) is 52.1 cm³/mol. The molecule has 1 rings (SSSR count). The van der Waals surface area contributed by atoms with Crippen molar-refractivity contribution in [3.8, 4) is 0 Å². The van der Waals surface area contributed by atoms with Crippen molar-refractivity contribution in [3.05, 3.63) is 0 Å². The Kier molecular flexibility index (Phi) is 2.60. The van der Waals surface area contributed by atoms with Crippen molar-refractivity contribution >= 4 is 5.96 Å². The summed E-state index contributed by atoms with van der Waals surface area (Å²) in [5.74, 6) is 0.642. The zero-order valence-electron chi connectivity index (χ0n) is 8.30. The number of aliphatic imine (C=N–C) groups is 1. The number of rotatable bonds is 2. The fourth-order valence-electron chi connectivity index (χ4n) is 1.35. The molecule has 0 aromatic rings. The Hall–Kier alpha value is -0.730. The van der Waals surface area contributed by atoms with Crippen LogP contribution in [0.25, 0.3) is 0 Å². The van der Waals surface area contributed by atoms with E-state index in [0.717, 1.165) is 6.54 Å². The van der Waals surface area contributed by atoms with Gasteiger partial charge in [0.15, 0.2) is 5.96 Å². The summed E-state index contributed by atoms with van der Waals surface area (Å²) in [6.45, 7) is 3.17. The van der Waals surface area contributed by atoms with Crippen LogP contribution in [0.5, 0.6) is 0 Å². The molecule has 0 radical (unpaired) electrons. The summed E-state index contributed by atoms with van der Waals surface area (Å²) < 4.78 is 0. The molecule has 1 saturated carbocycles. The molecule has 1 aliphatic carbocycles. The highest BCUT2D eigenvalue weighted by Crippen LogP contribution is 2.40. The van der Waals surface area contributed by atoms with Gasteiger partial charge in [-0.3, -0.25) is 4.99 Å². The van der Waals surface area contributed by atoms with Crippen LogP contribution in [0.2, 0.25) is 0 Å². The van der Waals surface area contributed by atoms with Gasteiger partial charge in [0.05, 0.1) is 0 Å². The summed E-state index contributed by atoms with van der Waals surface area (Å²) in [5, 5.41) is 0. The highest BCUT2D eigenvalue weighted by Gasteiger charge is 2.31. The van der Waals surface area contributed by atoms with Crippen LogP contribution >= 0.6 is 0 Å². The Labute approximate surface area is 74.6 Å². The first-order chi connectivity index (χ1) is 5.53. The first-order valence-electron chi connectivity index (χ1n) is 4.51. The first-order valence-corrected chi connectivity index (χ1v) is 4.51. The fourth-order valence-corrected chi connectivity index (χ4v) is 1.35. The van der Waals surface area contributed by atoms with E-state index < -0.39 is 0 Å². The van der Waals surface area contributed by atoms with Gasteiger partial charge in [0.1, 0.15) is 0 Å². The number of hydrogen-bond acceptors (Lipinski definition) is 1. The molecule has 0 aromatic heterocycles. The van der Waals surface area contributed by atoms with Crippen LogP contribution in [-0.4, -0.2) is 31.5 Å². The van der Waals surface area contributed by atoms with Crippen molar-refractivity contribution in [3.63, 3.8) is 0 Å². The summed E-state index contributed by atoms with van der Waals surface area (Å²) >= 11 is 0. The van der Waals surface area contributed by atoms with Crippen molar-refractivity contribution in [2.75, 3.05) is 20.6 Å². The molecule has 1 fully saturated rings. The van der Waals surface area contributed by atoms with Crippen LogP contribution in [0.15, 0.2) is 4.99 Å². The van der Waals surface area contributed by atoms with Crippen molar-refractivity contribution in [2.24, 2.45) is 16.1 Å². The Morgan fingerprint density at radius 3 is 2.42 bits per heavy atom. The zero-order valence-corrected chi connectivity index (χ0v) is 8.30. The molecular weight excluding hydrogens is 150 g/mol. The van der Waals surface area contributed by atoms with E-state index in [1.807, 2.05) is 19.0 Å². The van der Waals surface area contributed by atoms with E-state index in [0.29, 0.717) is 11.4 Å². The molecule has 0 aromatic carbocycles. The lowest BCUT2D eigenvalue weighted by molar-refractivity contribution is 0.173. The number of nitrogens with two attached hydrogens (primary N) is 1. The summed E-state index contributed by atoms with van der Waals surface area (Å²) in [6.07, 6.45) is 3.96. The van der Waals surface area contributed by atoms with E-state index in [-0.39, 0.29) is 0 Å². The number of guanidine groups is 1. The lowest BCUT2D eigenvalue weighted by Crippen LogP contribution is -2.34. The standard InChI is InChI=1S/C9H19N3/c1-9(5-4-6-9)7-11-8(10)12(2)3/h4-7H2,1-3H3,(H2,10,11). The molecule has 0 bridgehead atoms. The minimum absolute atomic E-state index is 0.445. The third-order valence-corrected chi connectivity index (χ3v) is 2.64. The molecule has 0 heterocycles. The van der Waals surface area contributed by atoms with Crippen LogP contribution in [-0.2, 0) is 0 Å². The summed E-state index contributed by atoms with van der Waals surface area (Å²) in [6, 6.07) is 0. The second kappa shape index (κ2) is 3.33. The molecule has 3 heteroatoms. The van der Waals surface area contributed by atoms with Crippen LogP contribution in [0.3, 0.4) is 0 Å². The Bertz CT molecular complexity index is 180. The van der Waals surface area contributed by atoms with Crippen molar-refractivity contribution in [1.82, 2.24) is 4.90 Å². The highest BCUT2D eigenvalue weighted by atomic mass is 15.2. The Morgan fingerprint density at radius 2 is 2.08 bits per heavy atom. The average molecular weight is 169 g/mol. The van der Waals surface area contributed by atoms with E-state index in [4.69, 9.17) is 5.73 Å². The second-order valence-corrected chi connectivity index (χ2v) is 4.23. The van der Waals surface area contributed by atoms with E-state index in [9.17, 15) is 0 Å². The first kappa shape index (κ1) is 9.36. The minimum atomic E-state index is 0.445. The monoisotopic (exact) mass is 169 g/mol. The molecule has 0 unspecified atom stereocenters. The van der Waals surface area contributed by atoms with Crippen LogP contribution in [0, 0.1) is 5.41 Å². The van der Waals surface area contributed by atoms with Crippen molar-refractivity contribution in [1.29, 1.82) is 0 Å². The van der Waals surface area contributed by atoms with Crippen molar-refractivity contribution < 1.29 is 0 Å². The van der Waals surface area contributed by atoms with Gasteiger partial charge in [-0.1, -0.05) is 13.3 Å². The lowest BCUT2D eigenvalue weighted by Gasteiger charge is -2.37. The molecular formula is C9H19N3. The van der Waals surface area contributed by atoms with Gasteiger partial charge in [0, 0.05) is 20.6 Å². The van der Waals surface area contributed by atoms with Crippen molar-refractivity contribution in [2.45, 2.75) is 26.2 Å². The molecule has 0 spiro atoms. The highest BCUT2D eigenvalue weighted by molar-refractivity contribution is 5.77. The number of hydrogen-bond donors (Lipinski definition) is 1. The molecule has 3 nitrogen and oxygen atoms in total.